The third-order valence-electron chi connectivity index (χ3n) is 1.89. The highest BCUT2D eigenvalue weighted by Gasteiger charge is 2.21. The second-order valence-corrected chi connectivity index (χ2v) is 5.59. The second kappa shape index (κ2) is 5.60. The van der Waals surface area contributed by atoms with Gasteiger partial charge in [0, 0.05) is 23.8 Å². The molecule has 0 aliphatic carbocycles. The average Bonchev–Trinajstić information content (AvgIpc) is 2.58. The summed E-state index contributed by atoms with van der Waals surface area (Å²) in [4.78, 5) is 0. The molecule has 0 aliphatic heterocycles. The molecule has 1 rings (SSSR count). The largest absolute Gasteiger partial charge is 0.374 e. The Bertz CT molecular complexity index is 443. The zero-order chi connectivity index (χ0) is 12.2. The predicted octanol–water partition coefficient (Wildman–Crippen LogP) is 1.15. The topological polar surface area (TPSA) is 74.1 Å². The molecule has 0 saturated heterocycles. The summed E-state index contributed by atoms with van der Waals surface area (Å²) >= 11 is 0. The summed E-state index contributed by atoms with van der Waals surface area (Å²) < 4.78 is 29.1. The highest BCUT2D eigenvalue weighted by atomic mass is 35.7. The minimum absolute atomic E-state index is 0.217. The molecule has 0 saturated carbocycles. The minimum Gasteiger partial charge on any atom is -0.374 e. The summed E-state index contributed by atoms with van der Waals surface area (Å²) in [6.45, 7) is 5.03. The van der Waals surface area contributed by atoms with Gasteiger partial charge < -0.3 is 4.74 Å². The maximum atomic E-state index is 11.2. The Morgan fingerprint density at radius 2 is 2.06 bits per heavy atom. The van der Waals surface area contributed by atoms with Crippen LogP contribution < -0.4 is 0 Å². The molecule has 6 nitrogen and oxygen atoms in total. The van der Waals surface area contributed by atoms with Crippen LogP contribution >= 0.6 is 10.7 Å². The Morgan fingerprint density at radius 3 is 2.56 bits per heavy atom. The Balaban J connectivity index is 3.07. The van der Waals surface area contributed by atoms with E-state index < -0.39 is 9.05 Å². The number of halogens is 1. The second-order valence-electron chi connectivity index (χ2n) is 3.13. The standard InChI is InChI=1S/C8H14ClN3O3S/c1-3-5-12-7(6-15-4-2)10-11-8(12)16(9,13)14/h3-6H2,1-2H3. The number of hydrogen-bond donors (Lipinski definition) is 0. The maximum absolute atomic E-state index is 11.2. The van der Waals surface area contributed by atoms with Crippen molar-refractivity contribution >= 4 is 19.7 Å². The van der Waals surface area contributed by atoms with Crippen LogP contribution in [0.3, 0.4) is 0 Å². The molecule has 1 heterocycles. The lowest BCUT2D eigenvalue weighted by Crippen LogP contribution is -2.10. The SMILES string of the molecule is CCCn1c(COCC)nnc1S(=O)(=O)Cl. The van der Waals surface area contributed by atoms with E-state index >= 15 is 0 Å². The van der Waals surface area contributed by atoms with Gasteiger partial charge in [0.05, 0.1) is 0 Å². The predicted molar refractivity (Wildman–Crippen MR) is 58.7 cm³/mol. The zero-order valence-electron chi connectivity index (χ0n) is 9.18. The third-order valence-corrected chi connectivity index (χ3v) is 3.05. The van der Waals surface area contributed by atoms with E-state index in [0.29, 0.717) is 19.0 Å². The van der Waals surface area contributed by atoms with Crippen LogP contribution in [0.15, 0.2) is 5.16 Å². The van der Waals surface area contributed by atoms with Gasteiger partial charge in [-0.3, -0.25) is 4.57 Å². The molecule has 1 aromatic heterocycles. The molecule has 0 bridgehead atoms. The Hall–Kier alpha value is -0.660. The monoisotopic (exact) mass is 267 g/mol. The van der Waals surface area contributed by atoms with Crippen molar-refractivity contribution in [3.8, 4) is 0 Å². The third kappa shape index (κ3) is 3.16. The summed E-state index contributed by atoms with van der Waals surface area (Å²) in [6.07, 6.45) is 0.760. The fourth-order valence-electron chi connectivity index (χ4n) is 1.25. The van der Waals surface area contributed by atoms with Crippen molar-refractivity contribution in [2.45, 2.75) is 38.6 Å². The first-order chi connectivity index (χ1) is 7.50. The quantitative estimate of drug-likeness (QED) is 0.723. The van der Waals surface area contributed by atoms with Crippen LogP contribution in [-0.2, 0) is 26.9 Å². The maximum Gasteiger partial charge on any atom is 0.296 e. The number of nitrogens with zero attached hydrogens (tertiary/aromatic N) is 3. The Kier molecular flexibility index (Phi) is 4.69. The molecule has 0 unspecified atom stereocenters. The van der Waals surface area contributed by atoms with Gasteiger partial charge in [-0.1, -0.05) is 6.92 Å². The van der Waals surface area contributed by atoms with Crippen LogP contribution in [-0.4, -0.2) is 29.8 Å². The van der Waals surface area contributed by atoms with Gasteiger partial charge in [-0.25, -0.2) is 8.42 Å². The molecule has 0 aromatic carbocycles. The molecule has 0 N–H and O–H groups in total. The van der Waals surface area contributed by atoms with E-state index in [4.69, 9.17) is 15.4 Å². The zero-order valence-corrected chi connectivity index (χ0v) is 10.8. The summed E-state index contributed by atoms with van der Waals surface area (Å²) in [6, 6.07) is 0. The number of rotatable bonds is 6. The molecular formula is C8H14ClN3O3S. The van der Waals surface area contributed by atoms with Crippen LogP contribution in [0.4, 0.5) is 0 Å². The average molecular weight is 268 g/mol. The molecule has 0 amide bonds. The van der Waals surface area contributed by atoms with Crippen LogP contribution in [0.5, 0.6) is 0 Å². The molecule has 0 radical (unpaired) electrons. The van der Waals surface area contributed by atoms with Crippen molar-refractivity contribution in [2.24, 2.45) is 0 Å². The van der Waals surface area contributed by atoms with Gasteiger partial charge >= 0.3 is 0 Å². The molecule has 8 heteroatoms. The van der Waals surface area contributed by atoms with Gasteiger partial charge in [0.2, 0.25) is 0 Å². The lowest BCUT2D eigenvalue weighted by atomic mass is 10.4. The summed E-state index contributed by atoms with van der Waals surface area (Å²) in [5, 5.41) is 7.12. The number of aromatic nitrogens is 3. The van der Waals surface area contributed by atoms with Crippen LogP contribution in [0, 0.1) is 0 Å². The number of hydrogen-bond acceptors (Lipinski definition) is 5. The van der Waals surface area contributed by atoms with Gasteiger partial charge in [0.15, 0.2) is 5.82 Å². The van der Waals surface area contributed by atoms with Crippen molar-refractivity contribution in [1.82, 2.24) is 14.8 Å². The minimum atomic E-state index is -3.85. The van der Waals surface area contributed by atoms with E-state index in [9.17, 15) is 8.42 Å². The Labute approximate surface area is 99.0 Å². The van der Waals surface area contributed by atoms with Gasteiger partial charge in [-0.15, -0.1) is 10.2 Å². The van der Waals surface area contributed by atoms with Crippen molar-refractivity contribution in [3.05, 3.63) is 5.82 Å². The van der Waals surface area contributed by atoms with Gasteiger partial charge in [0.1, 0.15) is 6.61 Å². The molecule has 0 aliphatic rings. The summed E-state index contributed by atoms with van der Waals surface area (Å²) in [7, 11) is 1.40. The van der Waals surface area contributed by atoms with Crippen LogP contribution in [0.1, 0.15) is 26.1 Å². The van der Waals surface area contributed by atoms with Gasteiger partial charge in [-0.05, 0) is 13.3 Å². The molecular weight excluding hydrogens is 254 g/mol. The van der Waals surface area contributed by atoms with Crippen LogP contribution in [0.2, 0.25) is 0 Å². The highest BCUT2D eigenvalue weighted by Crippen LogP contribution is 2.15. The van der Waals surface area contributed by atoms with E-state index in [1.165, 1.54) is 4.57 Å². The molecule has 0 atom stereocenters. The normalized spacial score (nSPS) is 11.9. The van der Waals surface area contributed by atoms with E-state index in [-0.39, 0.29) is 11.8 Å². The molecule has 0 fully saturated rings. The van der Waals surface area contributed by atoms with E-state index in [1.807, 2.05) is 13.8 Å². The fourth-order valence-corrected chi connectivity index (χ4v) is 2.19. The van der Waals surface area contributed by atoms with Crippen molar-refractivity contribution < 1.29 is 13.2 Å². The molecule has 92 valence electrons. The smallest absolute Gasteiger partial charge is 0.296 e. The summed E-state index contributed by atoms with van der Waals surface area (Å²) in [5.41, 5.74) is 0. The van der Waals surface area contributed by atoms with Crippen LogP contribution in [0.25, 0.3) is 0 Å². The van der Waals surface area contributed by atoms with Crippen molar-refractivity contribution in [2.75, 3.05) is 6.61 Å². The lowest BCUT2D eigenvalue weighted by molar-refractivity contribution is 0.125. The first-order valence-corrected chi connectivity index (χ1v) is 7.26. The first-order valence-electron chi connectivity index (χ1n) is 4.95. The van der Waals surface area contributed by atoms with E-state index in [0.717, 1.165) is 6.42 Å². The lowest BCUT2D eigenvalue weighted by Gasteiger charge is -2.06. The molecule has 1 aromatic rings. The van der Waals surface area contributed by atoms with E-state index in [1.54, 1.807) is 0 Å². The summed E-state index contributed by atoms with van der Waals surface area (Å²) in [5.74, 6) is 0.475. The van der Waals surface area contributed by atoms with Gasteiger partial charge in [-0.2, -0.15) is 0 Å². The molecule has 16 heavy (non-hydrogen) atoms. The number of ether oxygens (including phenoxy) is 1. The van der Waals surface area contributed by atoms with Gasteiger partial charge in [0.25, 0.3) is 14.2 Å². The first kappa shape index (κ1) is 13.4. The molecule has 0 spiro atoms. The highest BCUT2D eigenvalue weighted by molar-refractivity contribution is 8.13. The van der Waals surface area contributed by atoms with E-state index in [2.05, 4.69) is 10.2 Å². The van der Waals surface area contributed by atoms with Crippen molar-refractivity contribution in [1.29, 1.82) is 0 Å². The fraction of sp³-hybridized carbons (Fsp3) is 0.750. The van der Waals surface area contributed by atoms with Crippen molar-refractivity contribution in [3.63, 3.8) is 0 Å². The Morgan fingerprint density at radius 1 is 1.38 bits per heavy atom.